The Hall–Kier alpha value is -2.76. The number of carbonyl (C=O) groups is 1. The lowest BCUT2D eigenvalue weighted by Crippen LogP contribution is -1.96. The van der Waals surface area contributed by atoms with Crippen molar-refractivity contribution in [3.8, 4) is 11.4 Å². The van der Waals surface area contributed by atoms with E-state index in [1.165, 1.54) is 18.2 Å². The van der Waals surface area contributed by atoms with Crippen molar-refractivity contribution in [2.45, 2.75) is 0 Å². The largest absolute Gasteiger partial charge is 0.478 e. The summed E-state index contributed by atoms with van der Waals surface area (Å²) >= 11 is 0. The lowest BCUT2D eigenvalue weighted by atomic mass is 10.2. The zero-order chi connectivity index (χ0) is 14.3. The van der Waals surface area contributed by atoms with Gasteiger partial charge in [0.25, 0.3) is 0 Å². The number of imidazole rings is 1. The van der Waals surface area contributed by atoms with Crippen LogP contribution < -0.4 is 0 Å². The van der Waals surface area contributed by atoms with E-state index in [0.29, 0.717) is 5.52 Å². The summed E-state index contributed by atoms with van der Waals surface area (Å²) in [5.41, 5.74) is 0.613. The highest BCUT2D eigenvalue weighted by molar-refractivity contribution is 6.01. The molecule has 0 saturated heterocycles. The summed E-state index contributed by atoms with van der Waals surface area (Å²) in [5, 5.41) is 9.07. The molecule has 0 aliphatic rings. The number of rotatable bonds is 2. The van der Waals surface area contributed by atoms with Gasteiger partial charge in [0.15, 0.2) is 11.6 Å². The van der Waals surface area contributed by atoms with Crippen LogP contribution in [-0.4, -0.2) is 21.0 Å². The van der Waals surface area contributed by atoms with E-state index < -0.39 is 17.6 Å². The van der Waals surface area contributed by atoms with Gasteiger partial charge in [-0.25, -0.2) is 18.6 Å². The first-order valence-electron chi connectivity index (χ1n) is 5.74. The SMILES string of the molecule is O=C(O)c1cccc2[nH]c(-c3cccc(F)c3F)nc12. The van der Waals surface area contributed by atoms with Gasteiger partial charge in [-0.1, -0.05) is 12.1 Å². The third-order valence-electron chi connectivity index (χ3n) is 2.95. The van der Waals surface area contributed by atoms with E-state index in [1.807, 2.05) is 0 Å². The number of nitrogens with zero attached hydrogens (tertiary/aromatic N) is 1. The second-order valence-electron chi connectivity index (χ2n) is 4.19. The van der Waals surface area contributed by atoms with Crippen LogP contribution in [0.2, 0.25) is 0 Å². The molecular weight excluding hydrogens is 266 g/mol. The Morgan fingerprint density at radius 1 is 1.15 bits per heavy atom. The van der Waals surface area contributed by atoms with E-state index in [0.717, 1.165) is 6.07 Å². The van der Waals surface area contributed by atoms with Crippen molar-refractivity contribution >= 4 is 17.0 Å². The molecular formula is C14H8F2N2O2. The Morgan fingerprint density at radius 3 is 2.65 bits per heavy atom. The fourth-order valence-corrected chi connectivity index (χ4v) is 2.02. The molecule has 0 aliphatic heterocycles. The van der Waals surface area contributed by atoms with Crippen molar-refractivity contribution in [2.24, 2.45) is 0 Å². The Morgan fingerprint density at radius 2 is 1.90 bits per heavy atom. The molecule has 0 atom stereocenters. The molecule has 2 N–H and O–H groups in total. The smallest absolute Gasteiger partial charge is 0.337 e. The number of aromatic nitrogens is 2. The molecule has 20 heavy (non-hydrogen) atoms. The first-order chi connectivity index (χ1) is 9.58. The van der Waals surface area contributed by atoms with Crippen molar-refractivity contribution in [3.05, 3.63) is 53.6 Å². The lowest BCUT2D eigenvalue weighted by molar-refractivity contribution is 0.0699. The van der Waals surface area contributed by atoms with Gasteiger partial charge >= 0.3 is 5.97 Å². The van der Waals surface area contributed by atoms with Crippen LogP contribution in [0.1, 0.15) is 10.4 Å². The van der Waals surface area contributed by atoms with Crippen molar-refractivity contribution in [3.63, 3.8) is 0 Å². The number of carboxylic acids is 1. The Kier molecular flexibility index (Phi) is 2.71. The average Bonchev–Trinajstić information content (AvgIpc) is 2.84. The predicted molar refractivity (Wildman–Crippen MR) is 68.4 cm³/mol. The summed E-state index contributed by atoms with van der Waals surface area (Å²) in [7, 11) is 0. The minimum atomic E-state index is -1.13. The molecule has 0 bridgehead atoms. The Labute approximate surface area is 111 Å². The van der Waals surface area contributed by atoms with Gasteiger partial charge in [-0.15, -0.1) is 0 Å². The van der Waals surface area contributed by atoms with Crippen LogP contribution in [0.15, 0.2) is 36.4 Å². The van der Waals surface area contributed by atoms with E-state index >= 15 is 0 Å². The van der Waals surface area contributed by atoms with Gasteiger partial charge < -0.3 is 10.1 Å². The van der Waals surface area contributed by atoms with Crippen LogP contribution in [0.5, 0.6) is 0 Å². The van der Waals surface area contributed by atoms with Gasteiger partial charge in [0.05, 0.1) is 16.6 Å². The number of hydrogen-bond donors (Lipinski definition) is 2. The molecule has 0 unspecified atom stereocenters. The van der Waals surface area contributed by atoms with Crippen LogP contribution in [-0.2, 0) is 0 Å². The highest BCUT2D eigenvalue weighted by Gasteiger charge is 2.16. The number of carboxylic acid groups (broad SMARTS) is 1. The first kappa shape index (κ1) is 12.3. The maximum Gasteiger partial charge on any atom is 0.337 e. The summed E-state index contributed by atoms with van der Waals surface area (Å²) in [5.74, 6) is -3.05. The number of halogens is 2. The van der Waals surface area contributed by atoms with Crippen LogP contribution >= 0.6 is 0 Å². The average molecular weight is 274 g/mol. The van der Waals surface area contributed by atoms with Crippen LogP contribution in [0, 0.1) is 11.6 Å². The molecule has 3 aromatic rings. The van der Waals surface area contributed by atoms with Crippen molar-refractivity contribution in [1.82, 2.24) is 9.97 Å². The third-order valence-corrected chi connectivity index (χ3v) is 2.95. The first-order valence-corrected chi connectivity index (χ1v) is 5.74. The number of benzene rings is 2. The summed E-state index contributed by atoms with van der Waals surface area (Å²) < 4.78 is 26.9. The minimum Gasteiger partial charge on any atom is -0.478 e. The Balaban J connectivity index is 2.26. The topological polar surface area (TPSA) is 66.0 Å². The molecule has 0 radical (unpaired) electrons. The molecule has 0 amide bonds. The molecule has 1 aromatic heterocycles. The molecule has 4 nitrogen and oxygen atoms in total. The molecule has 3 rings (SSSR count). The number of fused-ring (bicyclic) bond motifs is 1. The van der Waals surface area contributed by atoms with Crippen LogP contribution in [0.4, 0.5) is 8.78 Å². The quantitative estimate of drug-likeness (QED) is 0.754. The molecule has 0 spiro atoms. The Bertz CT molecular complexity index is 827. The van der Waals surface area contributed by atoms with Gasteiger partial charge in [0, 0.05) is 0 Å². The molecule has 2 aromatic carbocycles. The maximum absolute atomic E-state index is 13.7. The van der Waals surface area contributed by atoms with Crippen molar-refractivity contribution < 1.29 is 18.7 Å². The molecule has 0 fully saturated rings. The van der Waals surface area contributed by atoms with Gasteiger partial charge in [-0.3, -0.25) is 0 Å². The van der Waals surface area contributed by atoms with Gasteiger partial charge in [-0.05, 0) is 24.3 Å². The van der Waals surface area contributed by atoms with E-state index in [1.54, 1.807) is 12.1 Å². The fraction of sp³-hybridized carbons (Fsp3) is 0. The van der Waals surface area contributed by atoms with Gasteiger partial charge in [-0.2, -0.15) is 0 Å². The highest BCUT2D eigenvalue weighted by atomic mass is 19.2. The summed E-state index contributed by atoms with van der Waals surface area (Å²) in [6.07, 6.45) is 0. The van der Waals surface area contributed by atoms with Crippen LogP contribution in [0.3, 0.4) is 0 Å². The van der Waals surface area contributed by atoms with Crippen LogP contribution in [0.25, 0.3) is 22.4 Å². The fourth-order valence-electron chi connectivity index (χ4n) is 2.02. The van der Waals surface area contributed by atoms with Crippen molar-refractivity contribution in [2.75, 3.05) is 0 Å². The summed E-state index contributed by atoms with van der Waals surface area (Å²) in [4.78, 5) is 18.0. The molecule has 0 aliphatic carbocycles. The summed E-state index contributed by atoms with van der Waals surface area (Å²) in [6.45, 7) is 0. The molecule has 100 valence electrons. The number of aromatic carboxylic acids is 1. The highest BCUT2D eigenvalue weighted by Crippen LogP contribution is 2.25. The predicted octanol–water partition coefficient (Wildman–Crippen LogP) is 3.21. The van der Waals surface area contributed by atoms with E-state index in [9.17, 15) is 13.6 Å². The number of nitrogens with one attached hydrogen (secondary N) is 1. The minimum absolute atomic E-state index is 0.00168. The normalized spacial score (nSPS) is 10.9. The molecule has 6 heteroatoms. The second kappa shape index (κ2) is 4.41. The summed E-state index contributed by atoms with van der Waals surface area (Å²) in [6, 6.07) is 8.31. The van der Waals surface area contributed by atoms with Gasteiger partial charge in [0.1, 0.15) is 11.3 Å². The number of H-pyrrole nitrogens is 1. The number of aromatic amines is 1. The van der Waals surface area contributed by atoms with Gasteiger partial charge in [0.2, 0.25) is 0 Å². The number of para-hydroxylation sites is 1. The van der Waals surface area contributed by atoms with E-state index in [4.69, 9.17) is 5.11 Å². The van der Waals surface area contributed by atoms with Crippen molar-refractivity contribution in [1.29, 1.82) is 0 Å². The molecule has 0 saturated carbocycles. The molecule has 1 heterocycles. The zero-order valence-corrected chi connectivity index (χ0v) is 10.0. The zero-order valence-electron chi connectivity index (χ0n) is 10.0. The lowest BCUT2D eigenvalue weighted by Gasteiger charge is -1.99. The monoisotopic (exact) mass is 274 g/mol. The number of hydrogen-bond acceptors (Lipinski definition) is 2. The van der Waals surface area contributed by atoms with E-state index in [2.05, 4.69) is 9.97 Å². The second-order valence-corrected chi connectivity index (χ2v) is 4.19. The third kappa shape index (κ3) is 1.82. The standard InChI is InChI=1S/C14H8F2N2O2/c15-9-5-1-3-7(11(9)16)13-17-10-6-2-4-8(14(19)20)12(10)18-13/h1-6H,(H,17,18)(H,19,20). The maximum atomic E-state index is 13.7. The van der Waals surface area contributed by atoms with E-state index in [-0.39, 0.29) is 22.5 Å².